The topological polar surface area (TPSA) is 3.24 Å². The summed E-state index contributed by atoms with van der Waals surface area (Å²) < 4.78 is 0. The van der Waals surface area contributed by atoms with E-state index in [1.54, 1.807) is 0 Å². The Hall–Kier alpha value is -0.820. The van der Waals surface area contributed by atoms with Crippen LogP contribution in [-0.4, -0.2) is 24.0 Å². The summed E-state index contributed by atoms with van der Waals surface area (Å²) in [7, 11) is 0. The van der Waals surface area contributed by atoms with Crippen molar-refractivity contribution >= 4 is 0 Å². The van der Waals surface area contributed by atoms with E-state index in [4.69, 9.17) is 0 Å². The van der Waals surface area contributed by atoms with E-state index in [9.17, 15) is 0 Å². The molecule has 2 aliphatic carbocycles. The maximum atomic E-state index is 2.88. The summed E-state index contributed by atoms with van der Waals surface area (Å²) in [5, 5.41) is 0. The fraction of sp³-hybridized carbons (Fsp3) is 0.714. The summed E-state index contributed by atoms with van der Waals surface area (Å²) >= 11 is 0. The van der Waals surface area contributed by atoms with Crippen molar-refractivity contribution in [1.29, 1.82) is 0 Å². The molecule has 1 atom stereocenters. The Morgan fingerprint density at radius 2 is 1.45 bits per heavy atom. The van der Waals surface area contributed by atoms with E-state index in [0.29, 0.717) is 6.04 Å². The van der Waals surface area contributed by atoms with Crippen LogP contribution in [0.1, 0.15) is 57.9 Å². The first-order chi connectivity index (χ1) is 10.7. The van der Waals surface area contributed by atoms with Crippen LogP contribution in [-0.2, 0) is 6.42 Å². The quantitative estimate of drug-likeness (QED) is 0.641. The number of nitrogens with zero attached hydrogens (tertiary/aromatic N) is 1. The zero-order valence-electron chi connectivity index (χ0n) is 14.5. The molecule has 1 nitrogen and oxygen atoms in total. The normalized spacial score (nSPS) is 20.9. The molecule has 0 amide bonds. The lowest BCUT2D eigenvalue weighted by atomic mass is 9.81. The fourth-order valence-electron chi connectivity index (χ4n) is 4.00. The minimum atomic E-state index is 0.712. The summed E-state index contributed by atoms with van der Waals surface area (Å²) in [6, 6.07) is 11.8. The lowest BCUT2D eigenvalue weighted by Gasteiger charge is -2.42. The molecule has 1 aromatic carbocycles. The number of hydrogen-bond acceptors (Lipinski definition) is 1. The summed E-state index contributed by atoms with van der Waals surface area (Å²) in [5.74, 6) is 2.70. The molecule has 2 saturated carbocycles. The second-order valence-electron chi connectivity index (χ2n) is 8.05. The van der Waals surface area contributed by atoms with Crippen LogP contribution in [0.4, 0.5) is 0 Å². The molecule has 0 heterocycles. The van der Waals surface area contributed by atoms with Gasteiger partial charge in [0.05, 0.1) is 0 Å². The molecule has 0 aliphatic heterocycles. The van der Waals surface area contributed by atoms with Crippen LogP contribution in [0.25, 0.3) is 0 Å². The summed E-state index contributed by atoms with van der Waals surface area (Å²) in [4.78, 5) is 2.88. The van der Waals surface area contributed by atoms with Gasteiger partial charge in [0.15, 0.2) is 0 Å². The second kappa shape index (κ2) is 7.64. The predicted molar refractivity (Wildman–Crippen MR) is 95.0 cm³/mol. The van der Waals surface area contributed by atoms with Crippen LogP contribution < -0.4 is 0 Å². The van der Waals surface area contributed by atoms with Gasteiger partial charge in [-0.3, -0.25) is 4.90 Å². The van der Waals surface area contributed by atoms with Crippen LogP contribution in [0.5, 0.6) is 0 Å². The van der Waals surface area contributed by atoms with E-state index >= 15 is 0 Å². The Morgan fingerprint density at radius 3 is 1.86 bits per heavy atom. The Balaban J connectivity index is 1.67. The van der Waals surface area contributed by atoms with E-state index in [1.165, 1.54) is 63.6 Å². The van der Waals surface area contributed by atoms with Crippen LogP contribution in [0.15, 0.2) is 30.3 Å². The SMILES string of the molecule is CC(C)C(Cc1ccccc1)N(CC1CCC1)CC1CCC1. The molecule has 0 saturated heterocycles. The average Bonchev–Trinajstić information content (AvgIpc) is 2.42. The minimum absolute atomic E-state index is 0.712. The maximum absolute atomic E-state index is 2.88. The number of benzene rings is 1. The molecule has 22 heavy (non-hydrogen) atoms. The lowest BCUT2D eigenvalue weighted by molar-refractivity contribution is 0.0713. The zero-order chi connectivity index (χ0) is 15.4. The van der Waals surface area contributed by atoms with E-state index in [-0.39, 0.29) is 0 Å². The Morgan fingerprint density at radius 1 is 0.909 bits per heavy atom. The molecular weight excluding hydrogens is 266 g/mol. The summed E-state index contributed by atoms with van der Waals surface area (Å²) in [6.07, 6.45) is 10.0. The van der Waals surface area contributed by atoms with Gasteiger partial charge >= 0.3 is 0 Å². The summed E-state index contributed by atoms with van der Waals surface area (Å²) in [5.41, 5.74) is 1.51. The van der Waals surface area contributed by atoms with Crippen molar-refractivity contribution in [3.8, 4) is 0 Å². The van der Waals surface area contributed by atoms with Gasteiger partial charge in [-0.2, -0.15) is 0 Å². The highest BCUT2D eigenvalue weighted by molar-refractivity contribution is 5.16. The third-order valence-corrected chi connectivity index (χ3v) is 5.96. The molecule has 1 aromatic rings. The third kappa shape index (κ3) is 4.13. The predicted octanol–water partition coefficient (Wildman–Crippen LogP) is 5.16. The molecule has 3 rings (SSSR count). The third-order valence-electron chi connectivity index (χ3n) is 5.96. The smallest absolute Gasteiger partial charge is 0.0159 e. The minimum Gasteiger partial charge on any atom is -0.299 e. The van der Waals surface area contributed by atoms with Crippen LogP contribution in [0, 0.1) is 17.8 Å². The molecule has 2 aliphatic rings. The van der Waals surface area contributed by atoms with Crippen molar-refractivity contribution in [3.63, 3.8) is 0 Å². The van der Waals surface area contributed by atoms with Crippen molar-refractivity contribution in [2.45, 2.75) is 64.8 Å². The van der Waals surface area contributed by atoms with Gasteiger partial charge < -0.3 is 0 Å². The molecule has 0 N–H and O–H groups in total. The van der Waals surface area contributed by atoms with Crippen molar-refractivity contribution in [2.75, 3.05) is 13.1 Å². The summed E-state index contributed by atoms with van der Waals surface area (Å²) in [6.45, 7) is 7.54. The first-order valence-electron chi connectivity index (χ1n) is 9.50. The highest BCUT2D eigenvalue weighted by Crippen LogP contribution is 2.33. The highest BCUT2D eigenvalue weighted by Gasteiger charge is 2.30. The van der Waals surface area contributed by atoms with Gasteiger partial charge in [-0.25, -0.2) is 0 Å². The Kier molecular flexibility index (Phi) is 5.57. The van der Waals surface area contributed by atoms with Crippen molar-refractivity contribution in [2.24, 2.45) is 17.8 Å². The van der Waals surface area contributed by atoms with Gasteiger partial charge in [0.25, 0.3) is 0 Å². The monoisotopic (exact) mass is 299 g/mol. The molecule has 122 valence electrons. The van der Waals surface area contributed by atoms with Gasteiger partial charge in [-0.1, -0.05) is 57.0 Å². The largest absolute Gasteiger partial charge is 0.299 e. The molecule has 0 bridgehead atoms. The molecule has 0 spiro atoms. The van der Waals surface area contributed by atoms with Crippen LogP contribution >= 0.6 is 0 Å². The molecule has 1 unspecified atom stereocenters. The lowest BCUT2D eigenvalue weighted by Crippen LogP contribution is -2.47. The second-order valence-corrected chi connectivity index (χ2v) is 8.05. The van der Waals surface area contributed by atoms with Gasteiger partial charge in [0.2, 0.25) is 0 Å². The molecule has 0 aromatic heterocycles. The van der Waals surface area contributed by atoms with E-state index in [0.717, 1.165) is 17.8 Å². The fourth-order valence-corrected chi connectivity index (χ4v) is 4.00. The Labute approximate surface area is 137 Å². The first-order valence-corrected chi connectivity index (χ1v) is 9.50. The van der Waals surface area contributed by atoms with Crippen molar-refractivity contribution in [3.05, 3.63) is 35.9 Å². The standard InChI is InChI=1S/C21H33N/c1-17(2)21(14-18-8-4-3-5-9-18)22(15-19-10-6-11-19)16-20-12-7-13-20/h3-5,8-9,17,19-21H,6-7,10-16H2,1-2H3. The number of hydrogen-bond donors (Lipinski definition) is 0. The van der Waals surface area contributed by atoms with Crippen molar-refractivity contribution in [1.82, 2.24) is 4.90 Å². The van der Waals surface area contributed by atoms with Gasteiger partial charge in [-0.05, 0) is 55.4 Å². The van der Waals surface area contributed by atoms with E-state index in [1.807, 2.05) is 0 Å². The maximum Gasteiger partial charge on any atom is 0.0159 e. The van der Waals surface area contributed by atoms with Crippen LogP contribution in [0.2, 0.25) is 0 Å². The molecule has 0 radical (unpaired) electrons. The highest BCUT2D eigenvalue weighted by atomic mass is 15.2. The first kappa shape index (κ1) is 16.1. The Bertz CT molecular complexity index is 414. The van der Waals surface area contributed by atoms with Crippen LogP contribution in [0.3, 0.4) is 0 Å². The molecule has 1 heteroatoms. The van der Waals surface area contributed by atoms with Gasteiger partial charge in [0, 0.05) is 19.1 Å². The average molecular weight is 300 g/mol. The van der Waals surface area contributed by atoms with Gasteiger partial charge in [0.1, 0.15) is 0 Å². The van der Waals surface area contributed by atoms with E-state index in [2.05, 4.69) is 49.1 Å². The van der Waals surface area contributed by atoms with Crippen molar-refractivity contribution < 1.29 is 0 Å². The molecule has 2 fully saturated rings. The zero-order valence-corrected chi connectivity index (χ0v) is 14.5. The molecular formula is C21H33N. The number of rotatable bonds is 8. The van der Waals surface area contributed by atoms with E-state index < -0.39 is 0 Å². The van der Waals surface area contributed by atoms with Gasteiger partial charge in [-0.15, -0.1) is 0 Å².